The van der Waals surface area contributed by atoms with Gasteiger partial charge in [0.15, 0.2) is 10.8 Å². The number of likely N-dealkylation sites (tertiary alicyclic amines) is 1. The Morgan fingerprint density at radius 1 is 1.16 bits per heavy atom. The predicted molar refractivity (Wildman–Crippen MR) is 88.4 cm³/mol. The number of pyridine rings is 1. The summed E-state index contributed by atoms with van der Waals surface area (Å²) in [5.41, 5.74) is -0.446. The van der Waals surface area contributed by atoms with E-state index in [1.54, 1.807) is 6.92 Å². The third kappa shape index (κ3) is 4.08. The normalized spacial score (nSPS) is 17.5. The lowest BCUT2D eigenvalue weighted by molar-refractivity contribution is -0.138. The molecule has 0 radical (unpaired) electrons. The van der Waals surface area contributed by atoms with Gasteiger partial charge in [-0.1, -0.05) is 24.6 Å². The lowest BCUT2D eigenvalue weighted by Gasteiger charge is -2.23. The minimum absolute atomic E-state index is 0.00405. The Morgan fingerprint density at radius 2 is 1.84 bits per heavy atom. The zero-order valence-electron chi connectivity index (χ0n) is 13.8. The van der Waals surface area contributed by atoms with Gasteiger partial charge < -0.3 is 4.90 Å². The molecule has 2 aromatic heterocycles. The molecule has 0 spiro atoms. The second-order valence-corrected chi connectivity index (χ2v) is 7.43. The maximum atomic E-state index is 12.9. The Morgan fingerprint density at radius 3 is 2.48 bits per heavy atom. The van der Waals surface area contributed by atoms with Crippen LogP contribution in [0.25, 0.3) is 5.65 Å². The summed E-state index contributed by atoms with van der Waals surface area (Å²) in [6.07, 6.45) is 0.771. The maximum absolute atomic E-state index is 12.9. The summed E-state index contributed by atoms with van der Waals surface area (Å²) < 4.78 is 40.0. The molecule has 1 aliphatic heterocycles. The molecule has 1 saturated heterocycles. The molecule has 0 aliphatic carbocycles. The number of aromatic nitrogens is 3. The van der Waals surface area contributed by atoms with Crippen molar-refractivity contribution < 1.29 is 18.0 Å². The fraction of sp³-hybridized carbons (Fsp3) is 0.562. The van der Waals surface area contributed by atoms with Crippen LogP contribution in [0.3, 0.4) is 0 Å². The van der Waals surface area contributed by atoms with Crippen molar-refractivity contribution in [3.8, 4) is 0 Å². The molecule has 0 saturated carbocycles. The van der Waals surface area contributed by atoms with Gasteiger partial charge in [0, 0.05) is 19.3 Å². The number of alkyl halides is 3. The lowest BCUT2D eigenvalue weighted by Crippen LogP contribution is -2.37. The maximum Gasteiger partial charge on any atom is 0.417 e. The third-order valence-corrected chi connectivity index (χ3v) is 5.29. The van der Waals surface area contributed by atoms with Crippen LogP contribution in [0.2, 0.25) is 0 Å². The van der Waals surface area contributed by atoms with Gasteiger partial charge in [-0.05, 0) is 31.9 Å². The number of nitrogens with zero attached hydrogens (tertiary/aromatic N) is 4. The van der Waals surface area contributed by atoms with Crippen LogP contribution in [0.5, 0.6) is 0 Å². The molecule has 1 atom stereocenters. The van der Waals surface area contributed by atoms with Gasteiger partial charge >= 0.3 is 6.18 Å². The molecule has 1 fully saturated rings. The van der Waals surface area contributed by atoms with Gasteiger partial charge in [0.25, 0.3) is 0 Å². The van der Waals surface area contributed by atoms with Crippen molar-refractivity contribution in [2.75, 3.05) is 13.1 Å². The number of fused-ring (bicyclic) bond motifs is 1. The smallest absolute Gasteiger partial charge is 0.342 e. The Hall–Kier alpha value is -1.77. The molecule has 5 nitrogen and oxygen atoms in total. The number of amides is 1. The molecule has 0 aromatic carbocycles. The summed E-state index contributed by atoms with van der Waals surface area (Å²) in [6, 6.07) is 2.26. The quantitative estimate of drug-likeness (QED) is 0.772. The van der Waals surface area contributed by atoms with E-state index in [0.717, 1.165) is 62.8 Å². The average molecular weight is 372 g/mol. The number of carbonyl (C=O) groups excluding carboxylic acids is 1. The van der Waals surface area contributed by atoms with Crippen LogP contribution < -0.4 is 0 Å². The Labute approximate surface area is 147 Å². The first-order valence-corrected chi connectivity index (χ1v) is 9.11. The van der Waals surface area contributed by atoms with Crippen LogP contribution in [0, 0.1) is 0 Å². The highest BCUT2D eigenvalue weighted by atomic mass is 32.2. The van der Waals surface area contributed by atoms with Gasteiger partial charge in [0.1, 0.15) is 0 Å². The van der Waals surface area contributed by atoms with Crippen molar-refractivity contribution in [3.05, 3.63) is 23.9 Å². The zero-order valence-corrected chi connectivity index (χ0v) is 14.6. The molecule has 1 aliphatic rings. The summed E-state index contributed by atoms with van der Waals surface area (Å²) in [7, 11) is 0. The first-order valence-electron chi connectivity index (χ1n) is 8.23. The van der Waals surface area contributed by atoms with Crippen LogP contribution >= 0.6 is 11.8 Å². The van der Waals surface area contributed by atoms with Gasteiger partial charge in [-0.2, -0.15) is 13.2 Å². The van der Waals surface area contributed by atoms with Crippen LogP contribution in [-0.4, -0.2) is 43.7 Å². The SMILES string of the molecule is CC(Sc1nnc2ccc(C(F)(F)F)cn12)C(=O)N1CCCCCC1. The summed E-state index contributed by atoms with van der Waals surface area (Å²) in [6.45, 7) is 3.23. The molecule has 25 heavy (non-hydrogen) atoms. The fourth-order valence-electron chi connectivity index (χ4n) is 2.87. The van der Waals surface area contributed by atoms with Crippen molar-refractivity contribution in [2.45, 2.75) is 49.2 Å². The summed E-state index contributed by atoms with van der Waals surface area (Å²) in [4.78, 5) is 14.4. The highest BCUT2D eigenvalue weighted by Crippen LogP contribution is 2.31. The van der Waals surface area contributed by atoms with Crippen molar-refractivity contribution >= 4 is 23.3 Å². The number of carbonyl (C=O) groups is 1. The van der Waals surface area contributed by atoms with E-state index in [-0.39, 0.29) is 11.1 Å². The molecular formula is C16H19F3N4OS. The number of thioether (sulfide) groups is 1. The zero-order chi connectivity index (χ0) is 18.0. The molecular weight excluding hydrogens is 353 g/mol. The van der Waals surface area contributed by atoms with Crippen LogP contribution in [0.15, 0.2) is 23.5 Å². The Bertz CT molecular complexity index is 753. The molecule has 1 amide bonds. The standard InChI is InChI=1S/C16H19F3N4OS/c1-11(14(24)22-8-4-2-3-5-9-22)25-15-21-20-13-7-6-12(10-23(13)15)16(17,18)19/h6-7,10-11H,2-5,8-9H2,1H3. The van der Waals surface area contributed by atoms with Crippen LogP contribution in [-0.2, 0) is 11.0 Å². The molecule has 0 bridgehead atoms. The molecule has 2 aromatic rings. The number of halogens is 3. The van der Waals surface area contributed by atoms with E-state index < -0.39 is 17.0 Å². The topological polar surface area (TPSA) is 50.5 Å². The lowest BCUT2D eigenvalue weighted by atomic mass is 10.2. The predicted octanol–water partition coefficient (Wildman–Crippen LogP) is 3.63. The van der Waals surface area contributed by atoms with E-state index in [4.69, 9.17) is 0 Å². The molecule has 136 valence electrons. The Kier molecular flexibility index (Phi) is 5.21. The monoisotopic (exact) mass is 372 g/mol. The summed E-state index contributed by atoms with van der Waals surface area (Å²) in [5, 5.41) is 7.68. The van der Waals surface area contributed by atoms with Crippen molar-refractivity contribution in [3.63, 3.8) is 0 Å². The third-order valence-electron chi connectivity index (χ3n) is 4.25. The van der Waals surface area contributed by atoms with Crippen molar-refractivity contribution in [1.82, 2.24) is 19.5 Å². The van der Waals surface area contributed by atoms with E-state index in [1.807, 2.05) is 4.90 Å². The van der Waals surface area contributed by atoms with E-state index in [9.17, 15) is 18.0 Å². The second kappa shape index (κ2) is 7.23. The first-order chi connectivity index (χ1) is 11.9. The molecule has 9 heteroatoms. The fourth-order valence-corrected chi connectivity index (χ4v) is 3.79. The first kappa shape index (κ1) is 18.0. The molecule has 0 N–H and O–H groups in total. The van der Waals surface area contributed by atoms with Gasteiger partial charge in [-0.15, -0.1) is 10.2 Å². The highest BCUT2D eigenvalue weighted by molar-refractivity contribution is 8.00. The van der Waals surface area contributed by atoms with Gasteiger partial charge in [0.05, 0.1) is 10.8 Å². The van der Waals surface area contributed by atoms with Crippen molar-refractivity contribution in [2.24, 2.45) is 0 Å². The average Bonchev–Trinajstić information content (AvgIpc) is 2.79. The largest absolute Gasteiger partial charge is 0.417 e. The number of hydrogen-bond acceptors (Lipinski definition) is 4. The molecule has 3 rings (SSSR count). The minimum Gasteiger partial charge on any atom is -0.342 e. The van der Waals surface area contributed by atoms with E-state index >= 15 is 0 Å². The molecule has 3 heterocycles. The van der Waals surface area contributed by atoms with Crippen LogP contribution in [0.4, 0.5) is 13.2 Å². The Balaban J connectivity index is 1.78. The second-order valence-electron chi connectivity index (χ2n) is 6.13. The summed E-state index contributed by atoms with van der Waals surface area (Å²) in [5.74, 6) is -0.00405. The van der Waals surface area contributed by atoms with Gasteiger partial charge in [-0.25, -0.2) is 0 Å². The van der Waals surface area contributed by atoms with E-state index in [1.165, 1.54) is 10.5 Å². The van der Waals surface area contributed by atoms with Crippen molar-refractivity contribution in [1.29, 1.82) is 0 Å². The molecule has 1 unspecified atom stereocenters. The highest BCUT2D eigenvalue weighted by Gasteiger charge is 2.31. The number of hydrogen-bond donors (Lipinski definition) is 0. The van der Waals surface area contributed by atoms with Gasteiger partial charge in [-0.3, -0.25) is 9.20 Å². The van der Waals surface area contributed by atoms with Crippen LogP contribution in [0.1, 0.15) is 38.2 Å². The minimum atomic E-state index is -4.44. The van der Waals surface area contributed by atoms with E-state index in [0.29, 0.717) is 5.65 Å². The van der Waals surface area contributed by atoms with Gasteiger partial charge in [0.2, 0.25) is 5.91 Å². The summed E-state index contributed by atoms with van der Waals surface area (Å²) >= 11 is 1.14. The van der Waals surface area contributed by atoms with E-state index in [2.05, 4.69) is 10.2 Å². The number of rotatable bonds is 3.